The number of rotatable bonds is 9. The molecule has 4 heteroatoms. The number of hydrogen-bond acceptors (Lipinski definition) is 3. The zero-order valence-electron chi connectivity index (χ0n) is 14.5. The molecule has 3 nitrogen and oxygen atoms in total. The number of aliphatic hydroxyl groups is 1. The first kappa shape index (κ1) is 18.9. The predicted molar refractivity (Wildman–Crippen MR) is 99.9 cm³/mol. The van der Waals surface area contributed by atoms with Crippen molar-refractivity contribution in [2.45, 2.75) is 32.3 Å². The fourth-order valence-electron chi connectivity index (χ4n) is 2.37. The van der Waals surface area contributed by atoms with E-state index in [4.69, 9.17) is 4.74 Å². The van der Waals surface area contributed by atoms with Gasteiger partial charge in [-0.1, -0.05) is 24.8 Å². The number of nitrogens with zero attached hydrogens (tertiary/aromatic N) is 1. The Morgan fingerprint density at radius 2 is 2.16 bits per heavy atom. The highest BCUT2D eigenvalue weighted by Crippen LogP contribution is 2.26. The average molecular weight is 341 g/mol. The van der Waals surface area contributed by atoms with Crippen molar-refractivity contribution in [1.82, 2.24) is 4.98 Å². The number of benzene rings is 1. The van der Waals surface area contributed by atoms with Crippen LogP contribution in [0.1, 0.15) is 31.9 Å². The number of aliphatic hydroxyl groups excluding tert-OH is 1. The zero-order valence-corrected chi connectivity index (χ0v) is 14.5. The van der Waals surface area contributed by atoms with Crippen molar-refractivity contribution >= 4 is 6.08 Å². The Balaban J connectivity index is 1.99. The van der Waals surface area contributed by atoms with Crippen LogP contribution in [0.4, 0.5) is 4.39 Å². The average Bonchev–Trinajstić information content (AvgIpc) is 2.60. The molecule has 0 aliphatic carbocycles. The van der Waals surface area contributed by atoms with E-state index in [9.17, 15) is 9.50 Å². The van der Waals surface area contributed by atoms with E-state index in [1.54, 1.807) is 31.3 Å². The van der Waals surface area contributed by atoms with E-state index in [1.165, 1.54) is 6.07 Å². The number of hydrogen-bond donors (Lipinski definition) is 1. The van der Waals surface area contributed by atoms with Crippen LogP contribution in [0.3, 0.4) is 0 Å². The minimum atomic E-state index is -0.343. The lowest BCUT2D eigenvalue weighted by Gasteiger charge is -2.07. The van der Waals surface area contributed by atoms with Gasteiger partial charge in [0.05, 0.1) is 11.8 Å². The summed E-state index contributed by atoms with van der Waals surface area (Å²) in [4.78, 5) is 4.35. The zero-order chi connectivity index (χ0) is 18.1. The molecule has 132 valence electrons. The van der Waals surface area contributed by atoms with Crippen LogP contribution in [0.5, 0.6) is 5.75 Å². The molecule has 0 radical (unpaired) electrons. The van der Waals surface area contributed by atoms with E-state index in [0.29, 0.717) is 17.9 Å². The summed E-state index contributed by atoms with van der Waals surface area (Å²) in [5, 5.41) is 9.21. The maximum absolute atomic E-state index is 14.2. The van der Waals surface area contributed by atoms with Gasteiger partial charge >= 0.3 is 0 Å². The molecule has 1 N–H and O–H groups in total. The number of allylic oxidation sites excluding steroid dienone is 1. The van der Waals surface area contributed by atoms with Crippen LogP contribution in [0, 0.1) is 5.82 Å². The Kier molecular flexibility index (Phi) is 7.36. The molecule has 0 bridgehead atoms. The Morgan fingerprint density at radius 3 is 2.80 bits per heavy atom. The van der Waals surface area contributed by atoms with Crippen LogP contribution < -0.4 is 4.74 Å². The topological polar surface area (TPSA) is 42.4 Å². The summed E-state index contributed by atoms with van der Waals surface area (Å²) in [7, 11) is 0. The Morgan fingerprint density at radius 1 is 1.32 bits per heavy atom. The molecule has 2 aromatic rings. The largest absolute Gasteiger partial charge is 0.489 e. The van der Waals surface area contributed by atoms with E-state index in [-0.39, 0.29) is 11.9 Å². The van der Waals surface area contributed by atoms with E-state index in [2.05, 4.69) is 11.6 Å². The van der Waals surface area contributed by atoms with Gasteiger partial charge in [0, 0.05) is 23.4 Å². The van der Waals surface area contributed by atoms with Gasteiger partial charge in [-0.25, -0.2) is 4.39 Å². The molecule has 2 rings (SSSR count). The SMILES string of the molecule is C=CCOc1ccc(-c2ccc(/C=C/CCCC(C)O)nc2)c(F)c1. The summed E-state index contributed by atoms with van der Waals surface area (Å²) >= 11 is 0. The molecule has 1 unspecified atom stereocenters. The van der Waals surface area contributed by atoms with Crippen LogP contribution in [-0.2, 0) is 0 Å². The minimum absolute atomic E-state index is 0.255. The maximum Gasteiger partial charge on any atom is 0.134 e. The molecule has 0 saturated carbocycles. The number of ether oxygens (including phenoxy) is 1. The summed E-state index contributed by atoms with van der Waals surface area (Å²) in [6, 6.07) is 8.51. The third-order valence-electron chi connectivity index (χ3n) is 3.69. The van der Waals surface area contributed by atoms with Crippen LogP contribution >= 0.6 is 0 Å². The molecular weight excluding hydrogens is 317 g/mol. The lowest BCUT2D eigenvalue weighted by atomic mass is 10.1. The predicted octanol–water partition coefficient (Wildman–Crippen LogP) is 5.02. The minimum Gasteiger partial charge on any atom is -0.489 e. The first-order valence-corrected chi connectivity index (χ1v) is 8.44. The second-order valence-corrected chi connectivity index (χ2v) is 5.90. The Labute approximate surface area is 148 Å². The van der Waals surface area contributed by atoms with Crippen molar-refractivity contribution in [2.75, 3.05) is 6.61 Å². The normalized spacial score (nSPS) is 12.3. The monoisotopic (exact) mass is 341 g/mol. The van der Waals surface area contributed by atoms with E-state index >= 15 is 0 Å². The number of aromatic nitrogens is 1. The van der Waals surface area contributed by atoms with Gasteiger partial charge in [-0.15, -0.1) is 0 Å². The first-order valence-electron chi connectivity index (χ1n) is 8.44. The van der Waals surface area contributed by atoms with E-state index < -0.39 is 0 Å². The number of pyridine rings is 1. The summed E-state index contributed by atoms with van der Waals surface area (Å²) < 4.78 is 19.6. The highest BCUT2D eigenvalue weighted by Gasteiger charge is 2.07. The standard InChI is InChI=1S/C21H24FNO2/c1-3-13-25-19-11-12-20(21(22)14-19)17-9-10-18(23-15-17)8-6-4-5-7-16(2)24/h3,6,8-12,14-16,24H,1,4-5,7,13H2,2H3/b8-6+. The molecule has 0 saturated heterocycles. The highest BCUT2D eigenvalue weighted by molar-refractivity contribution is 5.65. The van der Waals surface area contributed by atoms with Crippen LogP contribution in [-0.4, -0.2) is 22.8 Å². The number of halogens is 1. The summed E-state index contributed by atoms with van der Waals surface area (Å²) in [6.45, 7) is 5.71. The van der Waals surface area contributed by atoms with Gasteiger partial charge in [-0.2, -0.15) is 0 Å². The molecular formula is C21H24FNO2. The molecule has 1 heterocycles. The molecule has 1 aromatic carbocycles. The van der Waals surface area contributed by atoms with Crippen molar-refractivity contribution in [2.24, 2.45) is 0 Å². The van der Waals surface area contributed by atoms with Crippen LogP contribution in [0.2, 0.25) is 0 Å². The number of unbranched alkanes of at least 4 members (excludes halogenated alkanes) is 1. The van der Waals surface area contributed by atoms with E-state index in [0.717, 1.165) is 30.5 Å². The van der Waals surface area contributed by atoms with Crippen molar-refractivity contribution in [3.8, 4) is 16.9 Å². The Hall–Kier alpha value is -2.46. The van der Waals surface area contributed by atoms with E-state index in [1.807, 2.05) is 24.3 Å². The third-order valence-corrected chi connectivity index (χ3v) is 3.69. The second kappa shape index (κ2) is 9.74. The van der Waals surface area contributed by atoms with Gasteiger partial charge in [-0.05, 0) is 50.5 Å². The third kappa shape index (κ3) is 6.16. The second-order valence-electron chi connectivity index (χ2n) is 5.90. The fourth-order valence-corrected chi connectivity index (χ4v) is 2.37. The fraction of sp³-hybridized carbons (Fsp3) is 0.286. The Bertz CT molecular complexity index is 708. The van der Waals surface area contributed by atoms with Gasteiger partial charge in [0.1, 0.15) is 18.2 Å². The molecule has 25 heavy (non-hydrogen) atoms. The lowest BCUT2D eigenvalue weighted by molar-refractivity contribution is 0.182. The van der Waals surface area contributed by atoms with Gasteiger partial charge in [0.15, 0.2) is 0 Å². The highest BCUT2D eigenvalue weighted by atomic mass is 19.1. The molecule has 0 spiro atoms. The van der Waals surface area contributed by atoms with Gasteiger partial charge < -0.3 is 9.84 Å². The molecule has 0 fully saturated rings. The molecule has 1 aromatic heterocycles. The molecule has 0 aliphatic heterocycles. The van der Waals surface area contributed by atoms with Crippen LogP contribution in [0.25, 0.3) is 17.2 Å². The smallest absolute Gasteiger partial charge is 0.134 e. The molecule has 1 atom stereocenters. The molecule has 0 aliphatic rings. The van der Waals surface area contributed by atoms with Gasteiger partial charge in [0.2, 0.25) is 0 Å². The van der Waals surface area contributed by atoms with Crippen molar-refractivity contribution in [1.29, 1.82) is 0 Å². The quantitative estimate of drug-likeness (QED) is 0.514. The van der Waals surface area contributed by atoms with Gasteiger partial charge in [-0.3, -0.25) is 4.98 Å². The summed E-state index contributed by atoms with van der Waals surface area (Å²) in [5.74, 6) is 0.135. The first-order chi connectivity index (χ1) is 12.1. The summed E-state index contributed by atoms with van der Waals surface area (Å²) in [6.07, 6.45) is 9.64. The van der Waals surface area contributed by atoms with Crippen molar-refractivity contribution in [3.63, 3.8) is 0 Å². The van der Waals surface area contributed by atoms with Crippen molar-refractivity contribution < 1.29 is 14.2 Å². The lowest BCUT2D eigenvalue weighted by Crippen LogP contribution is -1.97. The van der Waals surface area contributed by atoms with Crippen LogP contribution in [0.15, 0.2) is 55.3 Å². The summed E-state index contributed by atoms with van der Waals surface area (Å²) in [5.41, 5.74) is 2.04. The molecule has 0 amide bonds. The van der Waals surface area contributed by atoms with Crippen molar-refractivity contribution in [3.05, 3.63) is 66.8 Å². The maximum atomic E-state index is 14.2. The van der Waals surface area contributed by atoms with Gasteiger partial charge in [0.25, 0.3) is 0 Å².